The van der Waals surface area contributed by atoms with Crippen molar-refractivity contribution in [1.29, 1.82) is 0 Å². The van der Waals surface area contributed by atoms with Crippen LogP contribution in [0.4, 0.5) is 0 Å². The lowest BCUT2D eigenvalue weighted by Crippen LogP contribution is -2.27. The molecule has 0 amide bonds. The number of esters is 1. The number of para-hydroxylation sites is 1. The molecule has 3 aromatic heterocycles. The summed E-state index contributed by atoms with van der Waals surface area (Å²) in [5.41, 5.74) is 2.15. The number of nitrogens with zero attached hydrogens (tertiary/aromatic N) is 4. The lowest BCUT2D eigenvalue weighted by atomic mass is 10.0. The molecule has 1 aromatic carbocycles. The molecular formula is C19H17N5O3S. The highest BCUT2D eigenvalue weighted by molar-refractivity contribution is 7.13. The molecule has 142 valence electrons. The summed E-state index contributed by atoms with van der Waals surface area (Å²) in [7, 11) is 0. The third-order valence-corrected chi connectivity index (χ3v) is 5.15. The highest BCUT2D eigenvalue weighted by Crippen LogP contribution is 2.24. The van der Waals surface area contributed by atoms with Crippen LogP contribution in [-0.4, -0.2) is 43.0 Å². The van der Waals surface area contributed by atoms with Crippen LogP contribution in [0.5, 0.6) is 0 Å². The molecule has 0 spiro atoms. The molecule has 0 fully saturated rings. The van der Waals surface area contributed by atoms with Crippen LogP contribution >= 0.6 is 11.3 Å². The Kier molecular flexibility index (Phi) is 4.74. The topological polar surface area (TPSA) is 103 Å². The number of thiophene rings is 1. The van der Waals surface area contributed by atoms with Crippen LogP contribution in [0.15, 0.2) is 41.8 Å². The van der Waals surface area contributed by atoms with Crippen molar-refractivity contribution in [2.45, 2.75) is 26.5 Å². The fourth-order valence-electron chi connectivity index (χ4n) is 3.02. The molecule has 1 atom stereocenters. The Bertz CT molecular complexity index is 1150. The van der Waals surface area contributed by atoms with Crippen LogP contribution in [0, 0.1) is 6.92 Å². The molecule has 0 radical (unpaired) electrons. The minimum atomic E-state index is -0.925. The molecule has 0 aliphatic heterocycles. The van der Waals surface area contributed by atoms with E-state index >= 15 is 0 Å². The molecule has 0 saturated carbocycles. The summed E-state index contributed by atoms with van der Waals surface area (Å²) in [5, 5.41) is 14.7. The van der Waals surface area contributed by atoms with Crippen molar-refractivity contribution in [3.63, 3.8) is 0 Å². The largest absolute Gasteiger partial charge is 0.453 e. The number of ether oxygens (including phenoxy) is 1. The lowest BCUT2D eigenvalue weighted by Gasteiger charge is -2.12. The number of aromatic nitrogens is 5. The zero-order valence-corrected chi connectivity index (χ0v) is 16.1. The van der Waals surface area contributed by atoms with Crippen molar-refractivity contribution in [1.82, 2.24) is 25.2 Å². The predicted molar refractivity (Wildman–Crippen MR) is 104 cm³/mol. The number of ketones is 1. The normalized spacial score (nSPS) is 12.2. The molecular weight excluding hydrogens is 378 g/mol. The van der Waals surface area contributed by atoms with Gasteiger partial charge in [0.2, 0.25) is 11.6 Å². The number of Topliss-reactive ketones (excluding diaryl/α,β-unsaturated/α-hetero) is 1. The maximum absolute atomic E-state index is 12.8. The molecule has 4 rings (SSSR count). The van der Waals surface area contributed by atoms with E-state index in [-0.39, 0.29) is 12.3 Å². The van der Waals surface area contributed by atoms with Gasteiger partial charge in [-0.1, -0.05) is 24.3 Å². The number of carbonyl (C=O) groups excluding carboxylic acids is 2. The second-order valence-corrected chi connectivity index (χ2v) is 7.24. The zero-order valence-electron chi connectivity index (χ0n) is 15.2. The number of aryl methyl sites for hydroxylation is 1. The highest BCUT2D eigenvalue weighted by Gasteiger charge is 2.24. The summed E-state index contributed by atoms with van der Waals surface area (Å²) in [4.78, 5) is 30.3. The van der Waals surface area contributed by atoms with E-state index in [1.54, 1.807) is 6.92 Å². The fourth-order valence-corrected chi connectivity index (χ4v) is 3.66. The molecule has 0 saturated heterocycles. The highest BCUT2D eigenvalue weighted by atomic mass is 32.1. The number of hydrogen-bond acceptors (Lipinski definition) is 7. The van der Waals surface area contributed by atoms with Gasteiger partial charge in [-0.05, 0) is 36.6 Å². The van der Waals surface area contributed by atoms with Gasteiger partial charge in [0.25, 0.3) is 0 Å². The van der Waals surface area contributed by atoms with Crippen LogP contribution in [0.25, 0.3) is 21.6 Å². The van der Waals surface area contributed by atoms with Crippen molar-refractivity contribution in [3.8, 4) is 10.7 Å². The van der Waals surface area contributed by atoms with Gasteiger partial charge in [-0.2, -0.15) is 4.80 Å². The molecule has 1 N–H and O–H groups in total. The van der Waals surface area contributed by atoms with Crippen LogP contribution in [-0.2, 0) is 16.1 Å². The lowest BCUT2D eigenvalue weighted by molar-refractivity contribution is -0.147. The number of fused-ring (bicyclic) bond motifs is 1. The van der Waals surface area contributed by atoms with Gasteiger partial charge in [0.05, 0.1) is 4.88 Å². The second kappa shape index (κ2) is 7.35. The summed E-state index contributed by atoms with van der Waals surface area (Å²) in [6, 6.07) is 11.3. The van der Waals surface area contributed by atoms with Gasteiger partial charge in [0, 0.05) is 22.2 Å². The molecule has 0 aliphatic rings. The van der Waals surface area contributed by atoms with E-state index in [2.05, 4.69) is 20.4 Å². The first-order valence-electron chi connectivity index (χ1n) is 8.65. The Balaban J connectivity index is 1.44. The summed E-state index contributed by atoms with van der Waals surface area (Å²) >= 11 is 1.48. The zero-order chi connectivity index (χ0) is 19.7. The van der Waals surface area contributed by atoms with Gasteiger partial charge in [-0.25, -0.2) is 4.79 Å². The van der Waals surface area contributed by atoms with Crippen molar-refractivity contribution in [2.24, 2.45) is 0 Å². The monoisotopic (exact) mass is 395 g/mol. The van der Waals surface area contributed by atoms with Gasteiger partial charge < -0.3 is 9.72 Å². The first-order valence-corrected chi connectivity index (χ1v) is 9.53. The van der Waals surface area contributed by atoms with Crippen LogP contribution in [0.3, 0.4) is 0 Å². The van der Waals surface area contributed by atoms with E-state index in [9.17, 15) is 9.59 Å². The number of carbonyl (C=O) groups is 2. The van der Waals surface area contributed by atoms with Crippen molar-refractivity contribution < 1.29 is 14.3 Å². The maximum Gasteiger partial charge on any atom is 0.330 e. The standard InChI is InChI=1S/C19H17N5O3S/c1-11-17(13-6-3-4-7-14(13)20-11)18(26)12(2)27-16(25)10-24-22-19(21-23-24)15-8-5-9-28-15/h3-9,12,20H,10H2,1-2H3/t12-/m1/s1. The summed E-state index contributed by atoms with van der Waals surface area (Å²) in [5.74, 6) is -0.413. The summed E-state index contributed by atoms with van der Waals surface area (Å²) in [6.45, 7) is 3.17. The smallest absolute Gasteiger partial charge is 0.330 e. The van der Waals surface area contributed by atoms with Crippen LogP contribution in [0.1, 0.15) is 23.0 Å². The molecule has 8 nitrogen and oxygen atoms in total. The molecule has 0 unspecified atom stereocenters. The minimum absolute atomic E-state index is 0.219. The van der Waals surface area contributed by atoms with Gasteiger partial charge in [0.15, 0.2) is 12.6 Å². The number of aromatic amines is 1. The van der Waals surface area contributed by atoms with Crippen molar-refractivity contribution in [2.75, 3.05) is 0 Å². The number of rotatable bonds is 6. The molecule has 0 bridgehead atoms. The van der Waals surface area contributed by atoms with E-state index in [0.717, 1.165) is 26.3 Å². The maximum atomic E-state index is 12.8. The molecule has 28 heavy (non-hydrogen) atoms. The van der Waals surface area contributed by atoms with Crippen molar-refractivity contribution >= 4 is 34.0 Å². The Morgan fingerprint density at radius 2 is 2.07 bits per heavy atom. The van der Waals surface area contributed by atoms with E-state index in [4.69, 9.17) is 4.74 Å². The Labute approximate surface area is 164 Å². The van der Waals surface area contributed by atoms with E-state index in [0.29, 0.717) is 11.4 Å². The molecule has 4 aromatic rings. The molecule has 9 heteroatoms. The van der Waals surface area contributed by atoms with Crippen LogP contribution < -0.4 is 0 Å². The number of nitrogens with one attached hydrogen (secondary N) is 1. The van der Waals surface area contributed by atoms with Crippen molar-refractivity contribution in [3.05, 3.63) is 53.0 Å². The van der Waals surface area contributed by atoms with Gasteiger partial charge >= 0.3 is 5.97 Å². The van der Waals surface area contributed by atoms with Crippen LogP contribution in [0.2, 0.25) is 0 Å². The average Bonchev–Trinajstić information content (AvgIpc) is 3.39. The number of H-pyrrole nitrogens is 1. The molecule has 3 heterocycles. The Hall–Kier alpha value is -3.33. The summed E-state index contributed by atoms with van der Waals surface area (Å²) < 4.78 is 5.32. The number of hydrogen-bond donors (Lipinski definition) is 1. The fraction of sp³-hybridized carbons (Fsp3) is 0.211. The first kappa shape index (κ1) is 18.1. The number of tetrazole rings is 1. The Morgan fingerprint density at radius 1 is 1.25 bits per heavy atom. The van der Waals surface area contributed by atoms with Gasteiger partial charge in [-0.15, -0.1) is 21.5 Å². The summed E-state index contributed by atoms with van der Waals surface area (Å²) in [6.07, 6.45) is -0.925. The third kappa shape index (κ3) is 3.44. The second-order valence-electron chi connectivity index (χ2n) is 6.29. The quantitative estimate of drug-likeness (QED) is 0.398. The van der Waals surface area contributed by atoms with E-state index in [1.165, 1.54) is 11.3 Å². The van der Waals surface area contributed by atoms with Gasteiger partial charge in [-0.3, -0.25) is 4.79 Å². The van der Waals surface area contributed by atoms with Gasteiger partial charge in [0.1, 0.15) is 0 Å². The minimum Gasteiger partial charge on any atom is -0.453 e. The average molecular weight is 395 g/mol. The molecule has 0 aliphatic carbocycles. The SMILES string of the molecule is Cc1[nH]c2ccccc2c1C(=O)[C@@H](C)OC(=O)Cn1nnc(-c2cccs2)n1. The Morgan fingerprint density at radius 3 is 2.86 bits per heavy atom. The first-order chi connectivity index (χ1) is 13.5. The third-order valence-electron chi connectivity index (χ3n) is 4.28. The van der Waals surface area contributed by atoms with E-state index in [1.807, 2.05) is 48.7 Å². The van der Waals surface area contributed by atoms with E-state index < -0.39 is 12.1 Å². The number of benzene rings is 1. The predicted octanol–water partition coefficient (Wildman–Crippen LogP) is 3.01.